The maximum Gasteiger partial charge on any atom is 0.439 e. The number of aromatic amines is 1. The highest BCUT2D eigenvalue weighted by atomic mass is 35.5. The Morgan fingerprint density at radius 3 is 2.56 bits per heavy atom. The lowest BCUT2D eigenvalue weighted by atomic mass is 9.82. The number of H-pyrrole nitrogens is 1. The number of amides is 1. The zero-order chi connectivity index (χ0) is 24.7. The van der Waals surface area contributed by atoms with Gasteiger partial charge in [-0.25, -0.2) is 4.79 Å². The second-order valence-electron chi connectivity index (χ2n) is 8.23. The zero-order valence-corrected chi connectivity index (χ0v) is 19.6. The SMILES string of the molecule is CCOC[C@](C)(C[C@@H](Cc1ccc(-c2cccc(Cl)c2)cc1)NC(=O)c1noc(=O)[nH]1)C(=O)O. The minimum absolute atomic E-state index is 0.0142. The van der Waals surface area contributed by atoms with Gasteiger partial charge >= 0.3 is 11.7 Å². The molecule has 9 nitrogen and oxygen atoms in total. The number of nitrogens with zero attached hydrogens (tertiary/aromatic N) is 1. The maximum atomic E-state index is 12.6. The van der Waals surface area contributed by atoms with Gasteiger partial charge in [-0.3, -0.25) is 19.1 Å². The van der Waals surface area contributed by atoms with Crippen LogP contribution in [0.2, 0.25) is 5.02 Å². The largest absolute Gasteiger partial charge is 0.481 e. The number of aromatic nitrogens is 2. The molecule has 0 unspecified atom stereocenters. The summed E-state index contributed by atoms with van der Waals surface area (Å²) in [5.41, 5.74) is 1.58. The highest BCUT2D eigenvalue weighted by Crippen LogP contribution is 2.27. The molecule has 0 saturated carbocycles. The number of nitrogens with one attached hydrogen (secondary N) is 2. The summed E-state index contributed by atoms with van der Waals surface area (Å²) in [6, 6.07) is 14.6. The number of rotatable bonds is 11. The summed E-state index contributed by atoms with van der Waals surface area (Å²) in [7, 11) is 0. The van der Waals surface area contributed by atoms with E-state index in [1.807, 2.05) is 42.5 Å². The van der Waals surface area contributed by atoms with E-state index in [1.165, 1.54) is 0 Å². The molecular weight excluding hydrogens is 462 g/mol. The van der Waals surface area contributed by atoms with Gasteiger partial charge in [0.1, 0.15) is 0 Å². The average molecular weight is 488 g/mol. The van der Waals surface area contributed by atoms with Crippen LogP contribution in [0.25, 0.3) is 11.1 Å². The van der Waals surface area contributed by atoms with Crippen molar-refractivity contribution in [1.82, 2.24) is 15.5 Å². The van der Waals surface area contributed by atoms with Gasteiger partial charge in [0.15, 0.2) is 0 Å². The first-order valence-corrected chi connectivity index (χ1v) is 11.1. The Morgan fingerprint density at radius 2 is 1.97 bits per heavy atom. The number of hydrogen-bond acceptors (Lipinski definition) is 6. The van der Waals surface area contributed by atoms with Crippen molar-refractivity contribution in [3.05, 3.63) is 75.5 Å². The third-order valence-electron chi connectivity index (χ3n) is 5.42. The van der Waals surface area contributed by atoms with Gasteiger partial charge in [-0.05, 0) is 60.7 Å². The van der Waals surface area contributed by atoms with E-state index >= 15 is 0 Å². The third kappa shape index (κ3) is 6.55. The Kier molecular flexibility index (Phi) is 8.25. The fourth-order valence-electron chi connectivity index (χ4n) is 3.62. The number of aliphatic carboxylic acids is 1. The first kappa shape index (κ1) is 25.2. The second-order valence-corrected chi connectivity index (χ2v) is 8.67. The smallest absolute Gasteiger partial charge is 0.439 e. The summed E-state index contributed by atoms with van der Waals surface area (Å²) < 4.78 is 9.80. The van der Waals surface area contributed by atoms with Gasteiger partial charge in [-0.1, -0.05) is 48.0 Å². The Bertz CT molecular complexity index is 1190. The highest BCUT2D eigenvalue weighted by molar-refractivity contribution is 6.30. The molecule has 34 heavy (non-hydrogen) atoms. The van der Waals surface area contributed by atoms with Gasteiger partial charge in [0.2, 0.25) is 5.82 Å². The van der Waals surface area contributed by atoms with Crippen molar-refractivity contribution in [2.75, 3.05) is 13.2 Å². The van der Waals surface area contributed by atoms with Crippen LogP contribution >= 0.6 is 11.6 Å². The van der Waals surface area contributed by atoms with Crippen molar-refractivity contribution in [2.45, 2.75) is 32.7 Å². The highest BCUT2D eigenvalue weighted by Gasteiger charge is 2.37. The van der Waals surface area contributed by atoms with Gasteiger partial charge in [0, 0.05) is 17.7 Å². The molecule has 1 heterocycles. The minimum atomic E-state index is -1.24. The molecule has 0 spiro atoms. The molecule has 3 aromatic rings. The van der Waals surface area contributed by atoms with Crippen molar-refractivity contribution in [2.24, 2.45) is 5.41 Å². The van der Waals surface area contributed by atoms with E-state index < -0.39 is 29.1 Å². The van der Waals surface area contributed by atoms with Gasteiger partial charge in [-0.15, -0.1) is 0 Å². The van der Waals surface area contributed by atoms with Crippen LogP contribution in [0.3, 0.4) is 0 Å². The van der Waals surface area contributed by atoms with Crippen LogP contribution in [-0.4, -0.2) is 46.4 Å². The Labute approximate surface area is 201 Å². The van der Waals surface area contributed by atoms with Crippen LogP contribution in [-0.2, 0) is 16.0 Å². The molecular formula is C24H26ClN3O6. The van der Waals surface area contributed by atoms with Crippen molar-refractivity contribution in [1.29, 1.82) is 0 Å². The number of benzene rings is 2. The lowest BCUT2D eigenvalue weighted by Crippen LogP contribution is -2.44. The predicted octanol–water partition coefficient (Wildman–Crippen LogP) is 3.54. The molecule has 10 heteroatoms. The van der Waals surface area contributed by atoms with Crippen LogP contribution in [0, 0.1) is 5.41 Å². The lowest BCUT2D eigenvalue weighted by Gasteiger charge is -2.30. The summed E-state index contributed by atoms with van der Waals surface area (Å²) in [6.07, 6.45) is 0.435. The minimum Gasteiger partial charge on any atom is -0.481 e. The molecule has 0 radical (unpaired) electrons. The van der Waals surface area contributed by atoms with Crippen LogP contribution in [0.4, 0.5) is 0 Å². The van der Waals surface area contributed by atoms with Crippen molar-refractivity contribution < 1.29 is 24.0 Å². The number of carboxylic acid groups (broad SMARTS) is 1. The summed E-state index contributed by atoms with van der Waals surface area (Å²) in [5, 5.41) is 16.6. The van der Waals surface area contributed by atoms with E-state index in [-0.39, 0.29) is 18.9 Å². The van der Waals surface area contributed by atoms with E-state index in [4.69, 9.17) is 16.3 Å². The zero-order valence-electron chi connectivity index (χ0n) is 18.8. The predicted molar refractivity (Wildman–Crippen MR) is 126 cm³/mol. The molecule has 3 rings (SSSR count). The van der Waals surface area contributed by atoms with Crippen molar-refractivity contribution >= 4 is 23.5 Å². The summed E-state index contributed by atoms with van der Waals surface area (Å²) in [6.45, 7) is 3.71. The second kappa shape index (κ2) is 11.1. The molecule has 0 aliphatic carbocycles. The molecule has 2 aromatic carbocycles. The van der Waals surface area contributed by atoms with E-state index in [9.17, 15) is 19.5 Å². The molecule has 0 fully saturated rings. The first-order valence-electron chi connectivity index (χ1n) is 10.7. The topological polar surface area (TPSA) is 135 Å². The molecule has 2 atom stereocenters. The molecule has 0 bridgehead atoms. The quantitative estimate of drug-likeness (QED) is 0.376. The van der Waals surface area contributed by atoms with Gasteiger partial charge in [0.25, 0.3) is 5.91 Å². The maximum absolute atomic E-state index is 12.6. The number of carboxylic acids is 1. The third-order valence-corrected chi connectivity index (χ3v) is 5.66. The first-order chi connectivity index (χ1) is 16.2. The molecule has 1 amide bonds. The van der Waals surface area contributed by atoms with Crippen molar-refractivity contribution in [3.8, 4) is 11.1 Å². The molecule has 0 saturated heterocycles. The number of carbonyl (C=O) groups is 2. The number of halogens is 1. The fraction of sp³-hybridized carbons (Fsp3) is 0.333. The van der Waals surface area contributed by atoms with E-state index in [1.54, 1.807) is 19.9 Å². The van der Waals surface area contributed by atoms with Crippen LogP contribution in [0.1, 0.15) is 36.5 Å². The van der Waals surface area contributed by atoms with Crippen molar-refractivity contribution in [3.63, 3.8) is 0 Å². The van der Waals surface area contributed by atoms with Gasteiger partial charge < -0.3 is 15.2 Å². The molecule has 1 aromatic heterocycles. The van der Waals surface area contributed by atoms with Gasteiger partial charge in [0.05, 0.1) is 12.0 Å². The molecule has 3 N–H and O–H groups in total. The fourth-order valence-corrected chi connectivity index (χ4v) is 3.81. The normalized spacial score (nSPS) is 13.7. The summed E-state index contributed by atoms with van der Waals surface area (Å²) >= 11 is 6.09. The number of ether oxygens (including phenoxy) is 1. The lowest BCUT2D eigenvalue weighted by molar-refractivity contribution is -0.152. The van der Waals surface area contributed by atoms with E-state index in [2.05, 4.69) is 20.0 Å². The van der Waals surface area contributed by atoms with E-state index in [0.29, 0.717) is 18.1 Å². The standard InChI is InChI=1S/C24H26ClN3O6/c1-3-33-14-24(2,22(30)31)13-19(26-21(29)20-27-23(32)34-28-20)11-15-7-9-16(10-8-15)17-5-4-6-18(25)12-17/h4-10,12,19H,3,11,13-14H2,1-2H3,(H,26,29)(H,30,31)(H,27,28,32)/t19-,24+/m1/s1. The Hall–Kier alpha value is -3.43. The van der Waals surface area contributed by atoms with E-state index in [0.717, 1.165) is 16.7 Å². The number of hydrogen-bond donors (Lipinski definition) is 3. The Balaban J connectivity index is 1.82. The molecule has 0 aliphatic heterocycles. The summed E-state index contributed by atoms with van der Waals surface area (Å²) in [5.74, 6) is -2.85. The Morgan fingerprint density at radius 1 is 1.24 bits per heavy atom. The monoisotopic (exact) mass is 487 g/mol. The number of carbonyl (C=O) groups excluding carboxylic acids is 1. The van der Waals surface area contributed by atoms with Crippen LogP contribution < -0.4 is 11.1 Å². The van der Waals surface area contributed by atoms with Crippen LogP contribution in [0.15, 0.2) is 57.8 Å². The van der Waals surface area contributed by atoms with Crippen LogP contribution in [0.5, 0.6) is 0 Å². The summed E-state index contributed by atoms with van der Waals surface area (Å²) in [4.78, 5) is 38.0. The van der Waals surface area contributed by atoms with Gasteiger partial charge in [-0.2, -0.15) is 0 Å². The average Bonchev–Trinajstić information content (AvgIpc) is 3.24. The molecule has 0 aliphatic rings. The molecule has 180 valence electrons.